The summed E-state index contributed by atoms with van der Waals surface area (Å²) < 4.78 is 7.30. The lowest BCUT2D eigenvalue weighted by molar-refractivity contribution is 0.238. The van der Waals surface area contributed by atoms with Crippen LogP contribution in [0.2, 0.25) is 0 Å². The van der Waals surface area contributed by atoms with Crippen LogP contribution in [0.4, 0.5) is 0 Å². The molecule has 3 aromatic rings. The highest BCUT2D eigenvalue weighted by atomic mass is 16.3. The fraction of sp³-hybridized carbons (Fsp3) is 0.350. The summed E-state index contributed by atoms with van der Waals surface area (Å²) in [4.78, 5) is 14.5. The van der Waals surface area contributed by atoms with Crippen molar-refractivity contribution in [1.29, 1.82) is 5.26 Å². The molecule has 0 radical (unpaired) electrons. The maximum atomic E-state index is 12.5. The van der Waals surface area contributed by atoms with Crippen LogP contribution >= 0.6 is 0 Å². The van der Waals surface area contributed by atoms with Crippen molar-refractivity contribution in [2.24, 2.45) is 0 Å². The van der Waals surface area contributed by atoms with E-state index in [1.807, 2.05) is 43.1 Å². The zero-order valence-corrected chi connectivity index (χ0v) is 15.5. The van der Waals surface area contributed by atoms with Crippen LogP contribution in [0, 0.1) is 25.2 Å². The zero-order chi connectivity index (χ0) is 18.8. The van der Waals surface area contributed by atoms with E-state index < -0.39 is 0 Å². The third-order valence-corrected chi connectivity index (χ3v) is 4.65. The molecule has 6 heteroatoms. The van der Waals surface area contributed by atoms with Crippen LogP contribution in [0.3, 0.4) is 0 Å². The van der Waals surface area contributed by atoms with E-state index in [1.54, 1.807) is 6.92 Å². The molecule has 0 bridgehead atoms. The first kappa shape index (κ1) is 17.9. The Kier molecular flexibility index (Phi) is 4.92. The van der Waals surface area contributed by atoms with Crippen LogP contribution in [0.1, 0.15) is 35.1 Å². The standard InChI is InChI=1S/C20H22N4O2/c1-5-18-17(15-8-6-7-9-19(15)26-18)11-23(4)12-24-20(25)16(10-21)13(2)14(3)22-24/h6-9H,5,11-12H2,1-4H3. The molecule has 0 unspecified atom stereocenters. The van der Waals surface area contributed by atoms with Crippen molar-refractivity contribution in [3.63, 3.8) is 0 Å². The fourth-order valence-electron chi connectivity index (χ4n) is 3.16. The van der Waals surface area contributed by atoms with Crippen LogP contribution in [0.5, 0.6) is 0 Å². The summed E-state index contributed by atoms with van der Waals surface area (Å²) in [6.07, 6.45) is 0.804. The van der Waals surface area contributed by atoms with E-state index in [9.17, 15) is 10.1 Å². The highest BCUT2D eigenvalue weighted by Crippen LogP contribution is 2.27. The van der Waals surface area contributed by atoms with Crippen LogP contribution in [-0.4, -0.2) is 21.7 Å². The lowest BCUT2D eigenvalue weighted by Gasteiger charge is -2.18. The largest absolute Gasteiger partial charge is 0.461 e. The van der Waals surface area contributed by atoms with Crippen molar-refractivity contribution in [3.8, 4) is 6.07 Å². The van der Waals surface area contributed by atoms with Crippen molar-refractivity contribution < 1.29 is 4.42 Å². The number of benzene rings is 1. The van der Waals surface area contributed by atoms with Crippen molar-refractivity contribution in [3.05, 3.63) is 62.8 Å². The predicted octanol–water partition coefficient (Wildman–Crippen LogP) is 3.13. The normalized spacial score (nSPS) is 11.2. The molecule has 0 aliphatic carbocycles. The molecule has 1 aromatic carbocycles. The summed E-state index contributed by atoms with van der Waals surface area (Å²) >= 11 is 0. The number of nitriles is 1. The van der Waals surface area contributed by atoms with Gasteiger partial charge in [0.1, 0.15) is 23.0 Å². The van der Waals surface area contributed by atoms with Crippen LogP contribution in [0.25, 0.3) is 11.0 Å². The average molecular weight is 350 g/mol. The Balaban J connectivity index is 1.92. The van der Waals surface area contributed by atoms with E-state index in [2.05, 4.69) is 18.1 Å². The van der Waals surface area contributed by atoms with E-state index in [0.717, 1.165) is 28.7 Å². The molecule has 0 spiro atoms. The number of furan rings is 1. The Labute approximate surface area is 152 Å². The van der Waals surface area contributed by atoms with Crippen molar-refractivity contribution in [1.82, 2.24) is 14.7 Å². The highest BCUT2D eigenvalue weighted by molar-refractivity contribution is 5.82. The topological polar surface area (TPSA) is 75.1 Å². The molecule has 6 nitrogen and oxygen atoms in total. The van der Waals surface area contributed by atoms with E-state index in [4.69, 9.17) is 4.42 Å². The smallest absolute Gasteiger partial charge is 0.286 e. The molecule has 0 aliphatic rings. The number of nitrogens with zero attached hydrogens (tertiary/aromatic N) is 4. The lowest BCUT2D eigenvalue weighted by Crippen LogP contribution is -2.34. The van der Waals surface area contributed by atoms with Gasteiger partial charge in [-0.15, -0.1) is 0 Å². The van der Waals surface area contributed by atoms with Gasteiger partial charge < -0.3 is 4.42 Å². The number of aromatic nitrogens is 2. The van der Waals surface area contributed by atoms with E-state index in [0.29, 0.717) is 24.5 Å². The lowest BCUT2D eigenvalue weighted by atomic mass is 10.1. The van der Waals surface area contributed by atoms with Crippen LogP contribution in [-0.2, 0) is 19.6 Å². The molecule has 0 atom stereocenters. The molecule has 0 saturated carbocycles. The molecular weight excluding hydrogens is 328 g/mol. The summed E-state index contributed by atoms with van der Waals surface area (Å²) in [7, 11) is 1.93. The molecule has 2 heterocycles. The quantitative estimate of drug-likeness (QED) is 0.707. The maximum Gasteiger partial charge on any atom is 0.286 e. The molecule has 26 heavy (non-hydrogen) atoms. The summed E-state index contributed by atoms with van der Waals surface area (Å²) in [5.74, 6) is 0.955. The monoisotopic (exact) mass is 350 g/mol. The number of hydrogen-bond acceptors (Lipinski definition) is 5. The minimum atomic E-state index is -0.352. The minimum absolute atomic E-state index is 0.161. The van der Waals surface area contributed by atoms with Gasteiger partial charge >= 0.3 is 0 Å². The third-order valence-electron chi connectivity index (χ3n) is 4.65. The van der Waals surface area contributed by atoms with Crippen LogP contribution in [0.15, 0.2) is 33.5 Å². The Morgan fingerprint density at radius 1 is 1.31 bits per heavy atom. The first-order valence-corrected chi connectivity index (χ1v) is 8.62. The van der Waals surface area contributed by atoms with Crippen LogP contribution < -0.4 is 5.56 Å². The summed E-state index contributed by atoms with van der Waals surface area (Å²) in [6.45, 7) is 6.56. The Hall–Kier alpha value is -2.91. The number of para-hydroxylation sites is 1. The SMILES string of the molecule is CCc1oc2ccccc2c1CN(C)Cn1nc(C)c(C)c(C#N)c1=O. The van der Waals surface area contributed by atoms with Gasteiger partial charge in [0, 0.05) is 23.9 Å². The van der Waals surface area contributed by atoms with E-state index >= 15 is 0 Å². The number of rotatable bonds is 5. The Morgan fingerprint density at radius 2 is 2.04 bits per heavy atom. The van der Waals surface area contributed by atoms with Gasteiger partial charge in [-0.3, -0.25) is 9.69 Å². The van der Waals surface area contributed by atoms with Gasteiger partial charge in [0.25, 0.3) is 5.56 Å². The van der Waals surface area contributed by atoms with Gasteiger partial charge in [-0.25, -0.2) is 4.68 Å². The number of aryl methyl sites for hydroxylation is 2. The van der Waals surface area contributed by atoms with Gasteiger partial charge in [0.15, 0.2) is 0 Å². The van der Waals surface area contributed by atoms with Crippen molar-refractivity contribution in [2.75, 3.05) is 7.05 Å². The molecular formula is C20H22N4O2. The van der Waals surface area contributed by atoms with Gasteiger partial charge in [0.2, 0.25) is 0 Å². The molecule has 3 rings (SSSR count). The molecule has 0 saturated heterocycles. The number of fused-ring (bicyclic) bond motifs is 1. The summed E-state index contributed by atoms with van der Waals surface area (Å²) in [5.41, 5.74) is 3.15. The minimum Gasteiger partial charge on any atom is -0.461 e. The van der Waals surface area contributed by atoms with Gasteiger partial charge in [0.05, 0.1) is 12.4 Å². The molecule has 0 N–H and O–H groups in total. The second kappa shape index (κ2) is 7.14. The predicted molar refractivity (Wildman–Crippen MR) is 99.7 cm³/mol. The average Bonchev–Trinajstić information content (AvgIpc) is 2.98. The van der Waals surface area contributed by atoms with Gasteiger partial charge in [-0.2, -0.15) is 10.4 Å². The number of hydrogen-bond donors (Lipinski definition) is 0. The first-order valence-electron chi connectivity index (χ1n) is 8.62. The molecule has 0 fully saturated rings. The molecule has 0 aliphatic heterocycles. The summed E-state index contributed by atoms with van der Waals surface area (Å²) in [5, 5.41) is 14.7. The summed E-state index contributed by atoms with van der Waals surface area (Å²) in [6, 6.07) is 9.97. The zero-order valence-electron chi connectivity index (χ0n) is 15.5. The van der Waals surface area contributed by atoms with E-state index in [1.165, 1.54) is 4.68 Å². The van der Waals surface area contributed by atoms with Gasteiger partial charge in [-0.05, 0) is 32.5 Å². The Bertz CT molecular complexity index is 1060. The maximum absolute atomic E-state index is 12.5. The highest BCUT2D eigenvalue weighted by Gasteiger charge is 2.16. The molecule has 2 aromatic heterocycles. The van der Waals surface area contributed by atoms with Crippen molar-refractivity contribution in [2.45, 2.75) is 40.4 Å². The Morgan fingerprint density at radius 3 is 2.73 bits per heavy atom. The molecule has 134 valence electrons. The van der Waals surface area contributed by atoms with Crippen molar-refractivity contribution >= 4 is 11.0 Å². The van der Waals surface area contributed by atoms with Gasteiger partial charge in [-0.1, -0.05) is 25.1 Å². The third kappa shape index (κ3) is 3.14. The first-order chi connectivity index (χ1) is 12.5. The second-order valence-corrected chi connectivity index (χ2v) is 6.51. The molecule has 0 amide bonds. The fourth-order valence-corrected chi connectivity index (χ4v) is 3.16. The second-order valence-electron chi connectivity index (χ2n) is 6.51. The van der Waals surface area contributed by atoms with E-state index in [-0.39, 0.29) is 11.1 Å².